The fourth-order valence-corrected chi connectivity index (χ4v) is 5.72. The number of fused-ring (bicyclic) bond motifs is 4. The molecule has 5 aromatic rings. The summed E-state index contributed by atoms with van der Waals surface area (Å²) in [6, 6.07) is 16.6. The molecule has 1 fully saturated rings. The molecule has 1 aliphatic carbocycles. The van der Waals surface area contributed by atoms with Crippen molar-refractivity contribution < 1.29 is 13.2 Å². The molecule has 0 spiro atoms. The van der Waals surface area contributed by atoms with Gasteiger partial charge >= 0.3 is 0 Å². The van der Waals surface area contributed by atoms with Crippen molar-refractivity contribution in [2.45, 2.75) is 65.2 Å². The van der Waals surface area contributed by atoms with Gasteiger partial charge < -0.3 is 4.42 Å². The van der Waals surface area contributed by atoms with Gasteiger partial charge in [-0.3, -0.25) is 4.98 Å². The maximum atomic E-state index is 14.0. The third kappa shape index (κ3) is 4.04. The van der Waals surface area contributed by atoms with Crippen LogP contribution in [0.5, 0.6) is 0 Å². The third-order valence-electron chi connectivity index (χ3n) is 7.38. The average Bonchev–Trinajstić information content (AvgIpc) is 3.36. The van der Waals surface area contributed by atoms with Gasteiger partial charge in [0, 0.05) is 46.0 Å². The smallest absolute Gasteiger partial charge is 0.248 e. The van der Waals surface area contributed by atoms with Crippen LogP contribution in [0.3, 0.4) is 0 Å². The zero-order chi connectivity index (χ0) is 25.2. The molecule has 1 atom stereocenters. The lowest BCUT2D eigenvalue weighted by Crippen LogP contribution is -2.09. The van der Waals surface area contributed by atoms with Crippen LogP contribution in [-0.2, 0) is 6.42 Å². The fourth-order valence-electron chi connectivity index (χ4n) is 5.72. The lowest BCUT2D eigenvalue weighted by Gasteiger charge is -2.15. The van der Waals surface area contributed by atoms with E-state index in [9.17, 15) is 8.78 Å². The first-order valence-corrected chi connectivity index (χ1v) is 12.8. The molecule has 184 valence electrons. The fraction of sp³-hybridized carbons (Fsp3) is 0.355. The lowest BCUT2D eigenvalue weighted by molar-refractivity contribution is 0.00777. The van der Waals surface area contributed by atoms with Gasteiger partial charge in [-0.2, -0.15) is 0 Å². The number of hydrogen-bond donors (Lipinski definition) is 0. The molecule has 1 saturated carbocycles. The standard InChI is InChI=1S/C31H30F2N2O/c1-17(2)11-23-15-22-14-20(21-9-10-31(32,33)16-21)6-8-24(22)28(35-23)27-13-18(3)12-26-25-7-5-19(4)34-30(25)36-29(26)27/h5-8,12-15,17,21H,9-11,16H2,1-4H3. The van der Waals surface area contributed by atoms with Crippen molar-refractivity contribution in [3.8, 4) is 11.3 Å². The van der Waals surface area contributed by atoms with E-state index in [0.29, 0.717) is 18.1 Å². The molecule has 3 aromatic heterocycles. The van der Waals surface area contributed by atoms with Crippen LogP contribution in [-0.4, -0.2) is 15.9 Å². The number of nitrogens with zero attached hydrogens (tertiary/aromatic N) is 2. The van der Waals surface area contributed by atoms with Gasteiger partial charge in [0.15, 0.2) is 0 Å². The SMILES string of the molecule is Cc1cc(-c2nc(CC(C)C)cc3cc(C4CCC(F)(F)C4)ccc23)c2oc3nc(C)ccc3c2c1. The Balaban J connectivity index is 1.59. The molecule has 0 amide bonds. The molecule has 0 saturated heterocycles. The van der Waals surface area contributed by atoms with Crippen LogP contribution < -0.4 is 0 Å². The van der Waals surface area contributed by atoms with E-state index in [1.807, 2.05) is 19.1 Å². The molecular weight excluding hydrogens is 454 g/mol. The number of alkyl halides is 2. The van der Waals surface area contributed by atoms with Crippen molar-refractivity contribution in [3.63, 3.8) is 0 Å². The van der Waals surface area contributed by atoms with Gasteiger partial charge in [0.2, 0.25) is 11.6 Å². The number of rotatable bonds is 4. The van der Waals surface area contributed by atoms with E-state index in [2.05, 4.69) is 62.2 Å². The van der Waals surface area contributed by atoms with Crippen LogP contribution in [0.2, 0.25) is 0 Å². The van der Waals surface area contributed by atoms with Crippen LogP contribution in [0.1, 0.15) is 61.5 Å². The summed E-state index contributed by atoms with van der Waals surface area (Å²) in [6.07, 6.45) is 1.26. The normalized spacial score (nSPS) is 17.7. The van der Waals surface area contributed by atoms with Gasteiger partial charge in [-0.15, -0.1) is 0 Å². The number of furan rings is 1. The van der Waals surface area contributed by atoms with E-state index in [1.165, 1.54) is 0 Å². The van der Waals surface area contributed by atoms with Crippen LogP contribution in [0.15, 0.2) is 52.9 Å². The van der Waals surface area contributed by atoms with E-state index >= 15 is 0 Å². The molecule has 1 aliphatic rings. The summed E-state index contributed by atoms with van der Waals surface area (Å²) in [7, 11) is 0. The molecule has 5 heteroatoms. The largest absolute Gasteiger partial charge is 0.437 e. The molecule has 36 heavy (non-hydrogen) atoms. The van der Waals surface area contributed by atoms with Crippen molar-refractivity contribution >= 4 is 32.8 Å². The lowest BCUT2D eigenvalue weighted by atomic mass is 9.92. The molecule has 1 unspecified atom stereocenters. The summed E-state index contributed by atoms with van der Waals surface area (Å²) in [5, 5.41) is 4.07. The second-order valence-electron chi connectivity index (χ2n) is 10.9. The van der Waals surface area contributed by atoms with Crippen molar-refractivity contribution in [2.24, 2.45) is 5.92 Å². The van der Waals surface area contributed by atoms with Crippen LogP contribution >= 0.6 is 0 Å². The Bertz CT molecular complexity index is 1630. The molecule has 3 heterocycles. The highest BCUT2D eigenvalue weighted by atomic mass is 19.3. The zero-order valence-corrected chi connectivity index (χ0v) is 21.2. The van der Waals surface area contributed by atoms with E-state index in [1.54, 1.807) is 0 Å². The molecular formula is C31H30F2N2O. The average molecular weight is 485 g/mol. The minimum Gasteiger partial charge on any atom is -0.437 e. The topological polar surface area (TPSA) is 38.9 Å². The Morgan fingerprint density at radius 2 is 1.78 bits per heavy atom. The Hall–Kier alpha value is -3.34. The van der Waals surface area contributed by atoms with Crippen molar-refractivity contribution in [2.75, 3.05) is 0 Å². The first-order chi connectivity index (χ1) is 17.2. The number of pyridine rings is 2. The molecule has 3 nitrogen and oxygen atoms in total. The summed E-state index contributed by atoms with van der Waals surface area (Å²) in [5.74, 6) is -2.23. The summed E-state index contributed by atoms with van der Waals surface area (Å²) >= 11 is 0. The molecule has 2 aromatic carbocycles. The minimum atomic E-state index is -2.56. The summed E-state index contributed by atoms with van der Waals surface area (Å²) < 4.78 is 34.3. The predicted octanol–water partition coefficient (Wildman–Crippen LogP) is 8.91. The van der Waals surface area contributed by atoms with Gasteiger partial charge in [0.1, 0.15) is 5.58 Å². The molecule has 0 bridgehead atoms. The van der Waals surface area contributed by atoms with E-state index in [-0.39, 0.29) is 18.8 Å². The summed E-state index contributed by atoms with van der Waals surface area (Å²) in [6.45, 7) is 8.41. The third-order valence-corrected chi connectivity index (χ3v) is 7.38. The Kier molecular flexibility index (Phi) is 5.36. The van der Waals surface area contributed by atoms with E-state index < -0.39 is 5.92 Å². The highest BCUT2D eigenvalue weighted by Gasteiger charge is 2.40. The highest BCUT2D eigenvalue weighted by molar-refractivity contribution is 6.11. The first-order valence-electron chi connectivity index (χ1n) is 12.8. The van der Waals surface area contributed by atoms with Crippen LogP contribution in [0.25, 0.3) is 44.1 Å². The van der Waals surface area contributed by atoms with Crippen LogP contribution in [0, 0.1) is 19.8 Å². The van der Waals surface area contributed by atoms with Crippen molar-refractivity contribution in [3.05, 3.63) is 71.0 Å². The van der Waals surface area contributed by atoms with Gasteiger partial charge in [-0.1, -0.05) is 32.0 Å². The van der Waals surface area contributed by atoms with Crippen molar-refractivity contribution in [1.29, 1.82) is 0 Å². The summed E-state index contributed by atoms with van der Waals surface area (Å²) in [5.41, 5.74) is 7.24. The first kappa shape index (κ1) is 23.1. The maximum Gasteiger partial charge on any atom is 0.248 e. The molecule has 0 aliphatic heterocycles. The van der Waals surface area contributed by atoms with E-state index in [0.717, 1.165) is 67.3 Å². The van der Waals surface area contributed by atoms with Gasteiger partial charge in [0.25, 0.3) is 0 Å². The second-order valence-corrected chi connectivity index (χ2v) is 10.9. The quantitative estimate of drug-likeness (QED) is 0.256. The number of aryl methyl sites for hydroxylation is 2. The molecule has 0 N–H and O–H groups in total. The van der Waals surface area contributed by atoms with Gasteiger partial charge in [-0.25, -0.2) is 13.8 Å². The summed E-state index contributed by atoms with van der Waals surface area (Å²) in [4.78, 5) is 9.76. The number of benzene rings is 2. The Morgan fingerprint density at radius 1 is 0.972 bits per heavy atom. The maximum absolute atomic E-state index is 14.0. The zero-order valence-electron chi connectivity index (χ0n) is 21.2. The minimum absolute atomic E-state index is 0.0310. The second kappa shape index (κ2) is 8.36. The molecule has 6 rings (SSSR count). The Morgan fingerprint density at radius 3 is 2.53 bits per heavy atom. The van der Waals surface area contributed by atoms with E-state index in [4.69, 9.17) is 9.40 Å². The number of halogens is 2. The monoisotopic (exact) mass is 484 g/mol. The molecule has 0 radical (unpaired) electrons. The van der Waals surface area contributed by atoms with Gasteiger partial charge in [-0.05, 0) is 85.4 Å². The van der Waals surface area contributed by atoms with Crippen LogP contribution in [0.4, 0.5) is 8.78 Å². The Labute approximate surface area is 209 Å². The highest BCUT2D eigenvalue weighted by Crippen LogP contribution is 2.45. The van der Waals surface area contributed by atoms with Gasteiger partial charge in [0.05, 0.1) is 5.69 Å². The number of hydrogen-bond acceptors (Lipinski definition) is 3. The predicted molar refractivity (Wildman–Crippen MR) is 142 cm³/mol. The number of aromatic nitrogens is 2. The van der Waals surface area contributed by atoms with Crippen molar-refractivity contribution in [1.82, 2.24) is 9.97 Å².